The Morgan fingerprint density at radius 2 is 1.86 bits per heavy atom. The topological polar surface area (TPSA) is 89.3 Å². The van der Waals surface area contributed by atoms with Crippen LogP contribution in [0.5, 0.6) is 0 Å². The van der Waals surface area contributed by atoms with E-state index < -0.39 is 5.92 Å². The highest BCUT2D eigenvalue weighted by atomic mass is 16.5. The van der Waals surface area contributed by atoms with E-state index in [2.05, 4.69) is 6.07 Å². The predicted octanol–water partition coefficient (Wildman–Crippen LogP) is 4.71. The minimum atomic E-state index is -0.628. The molecule has 1 aliphatic heterocycles. The third kappa shape index (κ3) is 3.01. The molecule has 1 aliphatic carbocycles. The highest BCUT2D eigenvalue weighted by Crippen LogP contribution is 2.48. The molecular weight excluding hydrogens is 352 g/mol. The zero-order valence-electron chi connectivity index (χ0n) is 16.2. The van der Waals surface area contributed by atoms with Crippen molar-refractivity contribution >= 4 is 5.78 Å². The van der Waals surface area contributed by atoms with Crippen LogP contribution in [0.4, 0.5) is 0 Å². The zero-order chi connectivity index (χ0) is 20.1. The second-order valence-electron chi connectivity index (χ2n) is 8.27. The average Bonchev–Trinajstić information content (AvgIpc) is 3.09. The molecule has 0 amide bonds. The lowest BCUT2D eigenvalue weighted by molar-refractivity contribution is -0.119. The third-order valence-electron chi connectivity index (χ3n) is 5.32. The lowest BCUT2D eigenvalue weighted by Crippen LogP contribution is -2.33. The number of aryl methyl sites for hydroxylation is 1. The van der Waals surface area contributed by atoms with Gasteiger partial charge in [-0.25, -0.2) is 0 Å². The summed E-state index contributed by atoms with van der Waals surface area (Å²) >= 11 is 0. The summed E-state index contributed by atoms with van der Waals surface area (Å²) in [5, 5.41) is 9.68. The summed E-state index contributed by atoms with van der Waals surface area (Å²) in [5.41, 5.74) is 8.64. The van der Waals surface area contributed by atoms with Crippen molar-refractivity contribution in [2.75, 3.05) is 0 Å². The number of Topliss-reactive ketones (excluding diaryl/α,β-unsaturated/α-hetero) is 1. The summed E-state index contributed by atoms with van der Waals surface area (Å²) in [4.78, 5) is 13.0. The molecule has 0 radical (unpaired) electrons. The first-order valence-corrected chi connectivity index (χ1v) is 9.30. The molecule has 1 unspecified atom stereocenters. The lowest BCUT2D eigenvalue weighted by Gasteiger charge is -2.36. The molecule has 0 fully saturated rings. The van der Waals surface area contributed by atoms with Gasteiger partial charge in [0.15, 0.2) is 5.78 Å². The minimum absolute atomic E-state index is 0.0233. The monoisotopic (exact) mass is 374 g/mol. The Bertz CT molecular complexity index is 1060. The first-order valence-electron chi connectivity index (χ1n) is 9.30. The maximum absolute atomic E-state index is 13.0. The molecule has 0 bridgehead atoms. The Kier molecular flexibility index (Phi) is 4.15. The van der Waals surface area contributed by atoms with Crippen molar-refractivity contribution in [2.45, 2.75) is 39.5 Å². The molecule has 5 heteroatoms. The van der Waals surface area contributed by atoms with Crippen LogP contribution in [0.15, 0.2) is 63.6 Å². The van der Waals surface area contributed by atoms with E-state index in [0.29, 0.717) is 35.7 Å². The van der Waals surface area contributed by atoms with Gasteiger partial charge in [-0.05, 0) is 24.5 Å². The van der Waals surface area contributed by atoms with Crippen LogP contribution < -0.4 is 5.73 Å². The number of ketones is 1. The van der Waals surface area contributed by atoms with Gasteiger partial charge >= 0.3 is 0 Å². The van der Waals surface area contributed by atoms with E-state index in [9.17, 15) is 10.1 Å². The van der Waals surface area contributed by atoms with Gasteiger partial charge in [-0.2, -0.15) is 5.26 Å². The standard InChI is InChI=1S/C23H22N2O3/c1-13-4-6-14(7-5-13)17-8-9-18(27-17)20-15(12-24)22(25)28-19-11-23(2,3)10-16(26)21(19)20/h4-9,20H,10-11,25H2,1-3H3. The second kappa shape index (κ2) is 6.42. The Hall–Kier alpha value is -3.26. The van der Waals surface area contributed by atoms with E-state index in [-0.39, 0.29) is 22.7 Å². The number of carbonyl (C=O) groups excluding carboxylic acids is 1. The Morgan fingerprint density at radius 1 is 1.14 bits per heavy atom. The quantitative estimate of drug-likeness (QED) is 0.822. The molecule has 0 spiro atoms. The van der Waals surface area contributed by atoms with Gasteiger partial charge in [0.05, 0.1) is 5.92 Å². The molecular formula is C23H22N2O3. The maximum atomic E-state index is 13.0. The molecule has 2 N–H and O–H groups in total. The second-order valence-corrected chi connectivity index (χ2v) is 8.27. The van der Waals surface area contributed by atoms with Gasteiger partial charge in [-0.15, -0.1) is 0 Å². The van der Waals surface area contributed by atoms with Crippen molar-refractivity contribution in [3.63, 3.8) is 0 Å². The van der Waals surface area contributed by atoms with E-state index in [1.54, 1.807) is 0 Å². The summed E-state index contributed by atoms with van der Waals surface area (Å²) in [7, 11) is 0. The Labute approximate surface area is 164 Å². The van der Waals surface area contributed by atoms with Crippen molar-refractivity contribution in [1.82, 2.24) is 0 Å². The maximum Gasteiger partial charge on any atom is 0.205 e. The fraction of sp³-hybridized carbons (Fsp3) is 0.304. The molecule has 0 saturated carbocycles. The average molecular weight is 374 g/mol. The van der Waals surface area contributed by atoms with E-state index in [1.807, 2.05) is 57.2 Å². The molecule has 5 nitrogen and oxygen atoms in total. The molecule has 4 rings (SSSR count). The highest BCUT2D eigenvalue weighted by molar-refractivity contribution is 5.99. The van der Waals surface area contributed by atoms with Crippen LogP contribution in [-0.2, 0) is 9.53 Å². The molecule has 0 saturated heterocycles. The number of nitriles is 1. The normalized spacial score (nSPS) is 21.2. The number of hydrogen-bond acceptors (Lipinski definition) is 5. The van der Waals surface area contributed by atoms with Gasteiger partial charge in [0.1, 0.15) is 28.9 Å². The molecule has 28 heavy (non-hydrogen) atoms. The molecule has 1 aromatic carbocycles. The van der Waals surface area contributed by atoms with Gasteiger partial charge < -0.3 is 14.9 Å². The fourth-order valence-electron chi connectivity index (χ4n) is 3.95. The van der Waals surface area contributed by atoms with Crippen molar-refractivity contribution < 1.29 is 13.9 Å². The summed E-state index contributed by atoms with van der Waals surface area (Å²) in [6.45, 7) is 6.07. The van der Waals surface area contributed by atoms with Crippen molar-refractivity contribution in [1.29, 1.82) is 5.26 Å². The van der Waals surface area contributed by atoms with Crippen LogP contribution in [-0.4, -0.2) is 5.78 Å². The smallest absolute Gasteiger partial charge is 0.205 e. The minimum Gasteiger partial charge on any atom is -0.460 e. The van der Waals surface area contributed by atoms with Crippen LogP contribution >= 0.6 is 0 Å². The number of nitrogens with two attached hydrogens (primary N) is 1. The molecule has 1 aromatic heterocycles. The van der Waals surface area contributed by atoms with E-state index >= 15 is 0 Å². The molecule has 2 heterocycles. The Morgan fingerprint density at radius 3 is 2.54 bits per heavy atom. The molecule has 142 valence electrons. The van der Waals surface area contributed by atoms with E-state index in [1.165, 1.54) is 0 Å². The number of benzene rings is 1. The Balaban J connectivity index is 1.81. The van der Waals surface area contributed by atoms with E-state index in [4.69, 9.17) is 14.9 Å². The molecule has 2 aliphatic rings. The fourth-order valence-corrected chi connectivity index (χ4v) is 3.95. The number of rotatable bonds is 2. The number of hydrogen-bond donors (Lipinski definition) is 1. The van der Waals surface area contributed by atoms with Crippen molar-refractivity contribution in [3.8, 4) is 17.4 Å². The number of carbonyl (C=O) groups is 1. The SMILES string of the molecule is Cc1ccc(-c2ccc(C3C(C#N)=C(N)OC4=C3C(=O)CC(C)(C)C4)o2)cc1. The predicted molar refractivity (Wildman–Crippen MR) is 105 cm³/mol. The van der Waals surface area contributed by atoms with Crippen molar-refractivity contribution in [2.24, 2.45) is 11.1 Å². The van der Waals surface area contributed by atoms with Crippen LogP contribution in [0.1, 0.15) is 43.9 Å². The van der Waals surface area contributed by atoms with Crippen LogP contribution in [0, 0.1) is 23.7 Å². The summed E-state index contributed by atoms with van der Waals surface area (Å²) in [6, 6.07) is 13.8. The first-order chi connectivity index (χ1) is 13.3. The number of furan rings is 1. The summed E-state index contributed by atoms with van der Waals surface area (Å²) in [5.74, 6) is 1.16. The number of ether oxygens (including phenoxy) is 1. The van der Waals surface area contributed by atoms with Crippen molar-refractivity contribution in [3.05, 3.63) is 70.5 Å². The van der Waals surface area contributed by atoms with Crippen LogP contribution in [0.3, 0.4) is 0 Å². The van der Waals surface area contributed by atoms with Crippen LogP contribution in [0.2, 0.25) is 0 Å². The van der Waals surface area contributed by atoms with Gasteiger partial charge in [0.2, 0.25) is 5.88 Å². The zero-order valence-corrected chi connectivity index (χ0v) is 16.2. The highest BCUT2D eigenvalue weighted by Gasteiger charge is 2.44. The number of allylic oxidation sites excluding steroid dienone is 3. The van der Waals surface area contributed by atoms with E-state index in [0.717, 1.165) is 11.1 Å². The summed E-state index contributed by atoms with van der Waals surface area (Å²) in [6.07, 6.45) is 0.991. The number of nitrogens with zero attached hydrogens (tertiary/aromatic N) is 1. The van der Waals surface area contributed by atoms with Gasteiger partial charge in [-0.1, -0.05) is 43.7 Å². The summed E-state index contributed by atoms with van der Waals surface area (Å²) < 4.78 is 11.8. The molecule has 2 aromatic rings. The van der Waals surface area contributed by atoms with Crippen LogP contribution in [0.25, 0.3) is 11.3 Å². The van der Waals surface area contributed by atoms with Gasteiger partial charge in [0.25, 0.3) is 0 Å². The largest absolute Gasteiger partial charge is 0.460 e. The lowest BCUT2D eigenvalue weighted by atomic mass is 9.71. The van der Waals surface area contributed by atoms with Gasteiger partial charge in [-0.3, -0.25) is 4.79 Å². The first kappa shape index (κ1) is 18.1. The third-order valence-corrected chi connectivity index (χ3v) is 5.32. The molecule has 1 atom stereocenters. The van der Waals surface area contributed by atoms with Gasteiger partial charge in [0, 0.05) is 24.0 Å².